The number of aromatic nitrogens is 1. The Balaban J connectivity index is 2.72. The number of nitrogens with zero attached hydrogens (tertiary/aromatic N) is 1. The van der Waals surface area contributed by atoms with Gasteiger partial charge in [0.1, 0.15) is 0 Å². The third-order valence-corrected chi connectivity index (χ3v) is 1.58. The van der Waals surface area contributed by atoms with E-state index < -0.39 is 12.6 Å². The number of carboxylic acids is 1. The van der Waals surface area contributed by atoms with E-state index in [-0.39, 0.29) is 10.9 Å². The lowest BCUT2D eigenvalue weighted by atomic mass is 10.4. The van der Waals surface area contributed by atoms with Gasteiger partial charge in [0.25, 0.3) is 0 Å². The molecule has 0 fully saturated rings. The van der Waals surface area contributed by atoms with Crippen LogP contribution in [-0.4, -0.2) is 22.7 Å². The number of aliphatic carboxylic acids is 1. The molecule has 0 aromatic carbocycles. The van der Waals surface area contributed by atoms with E-state index in [1.165, 1.54) is 0 Å². The van der Waals surface area contributed by atoms with Gasteiger partial charge in [-0.15, -0.1) is 0 Å². The average Bonchev–Trinajstić information content (AvgIpc) is 2.02. The summed E-state index contributed by atoms with van der Waals surface area (Å²) in [7, 11) is 0. The molecule has 0 aliphatic heterocycles. The van der Waals surface area contributed by atoms with E-state index in [9.17, 15) is 4.79 Å². The first-order valence-corrected chi connectivity index (χ1v) is 3.95. The number of hydrogen-bond acceptors (Lipinski definition) is 3. The summed E-state index contributed by atoms with van der Waals surface area (Å²) in [5.74, 6) is -0.758. The highest BCUT2D eigenvalue weighted by atomic mass is 35.5. The van der Waals surface area contributed by atoms with E-state index in [0.717, 1.165) is 5.69 Å². The van der Waals surface area contributed by atoms with Gasteiger partial charge in [0.05, 0.1) is 0 Å². The minimum Gasteiger partial charge on any atom is -0.479 e. The molecule has 13 heavy (non-hydrogen) atoms. The predicted molar refractivity (Wildman–Crippen MR) is 47.1 cm³/mol. The lowest BCUT2D eigenvalue weighted by molar-refractivity contribution is -0.139. The van der Waals surface area contributed by atoms with Gasteiger partial charge in [-0.2, -0.15) is 0 Å². The Hall–Kier alpha value is -1.29. The van der Waals surface area contributed by atoms with Gasteiger partial charge in [0.2, 0.25) is 0 Å². The van der Waals surface area contributed by atoms with Crippen LogP contribution in [0.3, 0.4) is 0 Å². The van der Waals surface area contributed by atoms with Crippen molar-refractivity contribution in [3.8, 4) is 5.75 Å². The number of carbonyl (C=O) groups is 1. The molecular formula is C8H8ClNO3. The van der Waals surface area contributed by atoms with Crippen LogP contribution in [0.5, 0.6) is 5.75 Å². The maximum Gasteiger partial charge on any atom is 0.341 e. The molecule has 0 aliphatic carbocycles. The number of hydrogen-bond donors (Lipinski definition) is 1. The summed E-state index contributed by atoms with van der Waals surface area (Å²) in [6, 6.07) is 3.29. The normalized spacial score (nSPS) is 9.69. The molecular weight excluding hydrogens is 194 g/mol. The molecule has 4 nitrogen and oxygen atoms in total. The van der Waals surface area contributed by atoms with Gasteiger partial charge in [0, 0.05) is 5.69 Å². The van der Waals surface area contributed by atoms with Crippen LogP contribution in [0, 0.1) is 6.92 Å². The molecule has 0 saturated carbocycles. The molecule has 0 aliphatic rings. The first-order valence-electron chi connectivity index (χ1n) is 3.57. The quantitative estimate of drug-likeness (QED) is 0.753. The van der Waals surface area contributed by atoms with Gasteiger partial charge >= 0.3 is 5.97 Å². The maximum atomic E-state index is 10.2. The largest absolute Gasteiger partial charge is 0.479 e. The van der Waals surface area contributed by atoms with Gasteiger partial charge in [-0.1, -0.05) is 11.6 Å². The molecule has 1 aromatic heterocycles. The monoisotopic (exact) mass is 201 g/mol. The van der Waals surface area contributed by atoms with Crippen molar-refractivity contribution in [1.82, 2.24) is 4.98 Å². The van der Waals surface area contributed by atoms with Gasteiger partial charge in [-0.25, -0.2) is 9.78 Å². The summed E-state index contributed by atoms with van der Waals surface area (Å²) in [4.78, 5) is 14.1. The molecule has 1 heterocycles. The predicted octanol–water partition coefficient (Wildman–Crippen LogP) is 1.51. The van der Waals surface area contributed by atoms with Gasteiger partial charge in [0.15, 0.2) is 17.5 Å². The second kappa shape index (κ2) is 4.09. The van der Waals surface area contributed by atoms with Crippen LogP contribution < -0.4 is 4.74 Å². The van der Waals surface area contributed by atoms with Gasteiger partial charge in [-0.3, -0.25) is 0 Å². The van der Waals surface area contributed by atoms with Crippen molar-refractivity contribution in [2.24, 2.45) is 0 Å². The Morgan fingerprint density at radius 3 is 2.92 bits per heavy atom. The van der Waals surface area contributed by atoms with Crippen molar-refractivity contribution in [2.75, 3.05) is 6.61 Å². The minimum atomic E-state index is -1.04. The summed E-state index contributed by atoms with van der Waals surface area (Å²) in [6.45, 7) is 1.37. The number of aryl methyl sites for hydroxylation is 1. The van der Waals surface area contributed by atoms with E-state index in [4.69, 9.17) is 21.4 Å². The van der Waals surface area contributed by atoms with Crippen molar-refractivity contribution in [3.63, 3.8) is 0 Å². The lowest BCUT2D eigenvalue weighted by Gasteiger charge is -2.04. The Bertz CT molecular complexity index is 327. The third-order valence-electron chi connectivity index (χ3n) is 1.30. The Morgan fingerprint density at radius 1 is 1.69 bits per heavy atom. The topological polar surface area (TPSA) is 59.4 Å². The Morgan fingerprint density at radius 2 is 2.38 bits per heavy atom. The zero-order valence-corrected chi connectivity index (χ0v) is 7.71. The van der Waals surface area contributed by atoms with Crippen molar-refractivity contribution >= 4 is 17.6 Å². The van der Waals surface area contributed by atoms with E-state index in [2.05, 4.69) is 4.98 Å². The first-order chi connectivity index (χ1) is 6.09. The van der Waals surface area contributed by atoms with Gasteiger partial charge < -0.3 is 9.84 Å². The summed E-state index contributed by atoms with van der Waals surface area (Å²) < 4.78 is 4.86. The van der Waals surface area contributed by atoms with E-state index in [1.807, 2.05) is 0 Å². The molecule has 0 atom stereocenters. The summed E-state index contributed by atoms with van der Waals surface area (Å²) in [6.07, 6.45) is 0. The van der Waals surface area contributed by atoms with Crippen LogP contribution in [0.15, 0.2) is 12.1 Å². The second-order valence-corrected chi connectivity index (χ2v) is 2.78. The number of rotatable bonds is 3. The highest BCUT2D eigenvalue weighted by molar-refractivity contribution is 6.30. The van der Waals surface area contributed by atoms with Crippen molar-refractivity contribution in [3.05, 3.63) is 23.0 Å². The summed E-state index contributed by atoms with van der Waals surface area (Å²) >= 11 is 5.68. The van der Waals surface area contributed by atoms with Crippen LogP contribution in [-0.2, 0) is 4.79 Å². The van der Waals surface area contributed by atoms with E-state index in [1.54, 1.807) is 19.1 Å². The number of ether oxygens (including phenoxy) is 1. The van der Waals surface area contributed by atoms with Crippen LogP contribution in [0.25, 0.3) is 0 Å². The lowest BCUT2D eigenvalue weighted by Crippen LogP contribution is -2.09. The fourth-order valence-corrected chi connectivity index (χ4v) is 1.01. The SMILES string of the molecule is Cc1ccc(OCC(=O)O)c(Cl)n1. The van der Waals surface area contributed by atoms with E-state index in [0.29, 0.717) is 0 Å². The smallest absolute Gasteiger partial charge is 0.341 e. The zero-order valence-electron chi connectivity index (χ0n) is 6.95. The zero-order chi connectivity index (χ0) is 9.84. The highest BCUT2D eigenvalue weighted by Crippen LogP contribution is 2.21. The number of carboxylic acid groups (broad SMARTS) is 1. The Kier molecular flexibility index (Phi) is 3.08. The molecule has 5 heteroatoms. The molecule has 1 N–H and O–H groups in total. The van der Waals surface area contributed by atoms with Gasteiger partial charge in [-0.05, 0) is 19.1 Å². The van der Waals surface area contributed by atoms with Crippen LogP contribution in [0.1, 0.15) is 5.69 Å². The van der Waals surface area contributed by atoms with Crippen LogP contribution >= 0.6 is 11.6 Å². The molecule has 0 bridgehead atoms. The molecule has 0 saturated heterocycles. The first kappa shape index (κ1) is 9.80. The molecule has 0 spiro atoms. The highest BCUT2D eigenvalue weighted by Gasteiger charge is 2.04. The van der Waals surface area contributed by atoms with E-state index >= 15 is 0 Å². The average molecular weight is 202 g/mol. The fraction of sp³-hybridized carbons (Fsp3) is 0.250. The Labute approximate surface area is 80.1 Å². The minimum absolute atomic E-state index is 0.182. The van der Waals surface area contributed by atoms with Crippen LogP contribution in [0.4, 0.5) is 0 Å². The molecule has 70 valence electrons. The molecule has 0 amide bonds. The number of pyridine rings is 1. The molecule has 0 unspecified atom stereocenters. The number of halogens is 1. The maximum absolute atomic E-state index is 10.2. The third kappa shape index (κ3) is 2.91. The molecule has 0 radical (unpaired) electrons. The molecule has 1 rings (SSSR count). The van der Waals surface area contributed by atoms with Crippen molar-refractivity contribution in [2.45, 2.75) is 6.92 Å². The fourth-order valence-electron chi connectivity index (χ4n) is 0.759. The summed E-state index contributed by atoms with van der Waals surface area (Å²) in [5.41, 5.74) is 0.757. The van der Waals surface area contributed by atoms with Crippen LogP contribution in [0.2, 0.25) is 5.15 Å². The van der Waals surface area contributed by atoms with Crippen molar-refractivity contribution in [1.29, 1.82) is 0 Å². The summed E-state index contributed by atoms with van der Waals surface area (Å²) in [5, 5.41) is 8.51. The standard InChI is InChI=1S/C8H8ClNO3/c1-5-2-3-6(8(9)10-5)13-4-7(11)12/h2-3H,4H2,1H3,(H,11,12). The molecule has 1 aromatic rings. The van der Waals surface area contributed by atoms with Crippen molar-refractivity contribution < 1.29 is 14.6 Å². The second-order valence-electron chi connectivity index (χ2n) is 2.42.